The van der Waals surface area contributed by atoms with Gasteiger partial charge >= 0.3 is 0 Å². The van der Waals surface area contributed by atoms with E-state index in [1.807, 2.05) is 0 Å². The number of rotatable bonds is 8. The average molecular weight is 320 g/mol. The molecular weight excluding hydrogens is 292 g/mol. The van der Waals surface area contributed by atoms with Crippen LogP contribution in [0.3, 0.4) is 0 Å². The minimum absolute atomic E-state index is 0.0547. The van der Waals surface area contributed by atoms with Crippen molar-refractivity contribution in [2.75, 3.05) is 44.6 Å². The Morgan fingerprint density at radius 2 is 2.30 bits per heavy atom. The van der Waals surface area contributed by atoms with Crippen LogP contribution >= 0.6 is 0 Å². The van der Waals surface area contributed by atoms with Crippen molar-refractivity contribution in [1.29, 1.82) is 0 Å². The SMILES string of the molecule is CC(C)CN1CC[C@@H](CNC(=O)c2ccc(NCCO)nc2)C1. The van der Waals surface area contributed by atoms with Crippen molar-refractivity contribution in [3.8, 4) is 0 Å². The van der Waals surface area contributed by atoms with E-state index in [-0.39, 0.29) is 12.5 Å². The van der Waals surface area contributed by atoms with Crippen LogP contribution in [0.25, 0.3) is 0 Å². The van der Waals surface area contributed by atoms with Gasteiger partial charge in [0.05, 0.1) is 12.2 Å². The number of hydrogen-bond acceptors (Lipinski definition) is 5. The fourth-order valence-corrected chi connectivity index (χ4v) is 2.92. The topological polar surface area (TPSA) is 77.5 Å². The highest BCUT2D eigenvalue weighted by molar-refractivity contribution is 5.94. The highest BCUT2D eigenvalue weighted by Crippen LogP contribution is 2.16. The fraction of sp³-hybridized carbons (Fsp3) is 0.647. The number of carbonyl (C=O) groups is 1. The maximum absolute atomic E-state index is 12.2. The molecular formula is C17H28N4O2. The van der Waals surface area contributed by atoms with Gasteiger partial charge in [-0.1, -0.05) is 13.8 Å². The number of aliphatic hydroxyl groups excluding tert-OH is 1. The number of anilines is 1. The summed E-state index contributed by atoms with van der Waals surface area (Å²) in [6.45, 7) is 9.04. The van der Waals surface area contributed by atoms with Crippen molar-refractivity contribution in [1.82, 2.24) is 15.2 Å². The molecule has 23 heavy (non-hydrogen) atoms. The van der Waals surface area contributed by atoms with Gasteiger partial charge in [0.15, 0.2) is 0 Å². The third-order valence-electron chi connectivity index (χ3n) is 3.99. The maximum Gasteiger partial charge on any atom is 0.252 e. The predicted octanol–water partition coefficient (Wildman–Crippen LogP) is 1.19. The summed E-state index contributed by atoms with van der Waals surface area (Å²) >= 11 is 0. The van der Waals surface area contributed by atoms with Crippen molar-refractivity contribution in [2.45, 2.75) is 20.3 Å². The molecule has 0 spiro atoms. The van der Waals surface area contributed by atoms with Crippen LogP contribution < -0.4 is 10.6 Å². The number of pyridine rings is 1. The van der Waals surface area contributed by atoms with E-state index in [2.05, 4.69) is 34.4 Å². The minimum atomic E-state index is -0.0754. The number of aliphatic hydroxyl groups is 1. The molecule has 0 aromatic carbocycles. The van der Waals surface area contributed by atoms with E-state index in [1.165, 1.54) is 0 Å². The standard InChI is InChI=1S/C17H28N4O2/c1-13(2)11-21-7-5-14(12-21)9-20-17(23)15-3-4-16(19-10-15)18-6-8-22/h3-4,10,13-14,22H,5-9,11-12H2,1-2H3,(H,18,19)(H,20,23)/t14-/m0/s1. The molecule has 1 amide bonds. The lowest BCUT2D eigenvalue weighted by atomic mass is 10.1. The van der Waals surface area contributed by atoms with Gasteiger partial charge in [-0.25, -0.2) is 4.98 Å². The Morgan fingerprint density at radius 3 is 2.96 bits per heavy atom. The highest BCUT2D eigenvalue weighted by Gasteiger charge is 2.23. The zero-order chi connectivity index (χ0) is 16.7. The lowest BCUT2D eigenvalue weighted by Gasteiger charge is -2.18. The van der Waals surface area contributed by atoms with Gasteiger partial charge in [0, 0.05) is 32.4 Å². The van der Waals surface area contributed by atoms with Gasteiger partial charge in [-0.3, -0.25) is 4.79 Å². The lowest BCUT2D eigenvalue weighted by Crippen LogP contribution is -2.32. The fourth-order valence-electron chi connectivity index (χ4n) is 2.92. The van der Waals surface area contributed by atoms with E-state index in [0.717, 1.165) is 32.6 Å². The quantitative estimate of drug-likeness (QED) is 0.671. The molecule has 0 radical (unpaired) electrons. The van der Waals surface area contributed by atoms with Crippen LogP contribution in [0.1, 0.15) is 30.6 Å². The third kappa shape index (κ3) is 5.80. The number of hydrogen-bond donors (Lipinski definition) is 3. The van der Waals surface area contributed by atoms with Crippen molar-refractivity contribution >= 4 is 11.7 Å². The molecule has 1 fully saturated rings. The summed E-state index contributed by atoms with van der Waals surface area (Å²) in [4.78, 5) is 18.8. The third-order valence-corrected chi connectivity index (χ3v) is 3.99. The monoisotopic (exact) mass is 320 g/mol. The summed E-state index contributed by atoms with van der Waals surface area (Å²) in [5.41, 5.74) is 0.566. The first-order chi connectivity index (χ1) is 11.1. The largest absolute Gasteiger partial charge is 0.395 e. The molecule has 6 nitrogen and oxygen atoms in total. The average Bonchev–Trinajstić information content (AvgIpc) is 2.97. The van der Waals surface area contributed by atoms with Gasteiger partial charge in [0.2, 0.25) is 0 Å². The molecule has 0 unspecified atom stereocenters. The van der Waals surface area contributed by atoms with E-state index < -0.39 is 0 Å². The molecule has 128 valence electrons. The Morgan fingerprint density at radius 1 is 1.48 bits per heavy atom. The predicted molar refractivity (Wildman–Crippen MR) is 91.5 cm³/mol. The lowest BCUT2D eigenvalue weighted by molar-refractivity contribution is 0.0947. The van der Waals surface area contributed by atoms with Gasteiger partial charge in [0.1, 0.15) is 5.82 Å². The van der Waals surface area contributed by atoms with Gasteiger partial charge in [-0.15, -0.1) is 0 Å². The molecule has 2 heterocycles. The summed E-state index contributed by atoms with van der Waals surface area (Å²) in [5, 5.41) is 14.7. The molecule has 1 atom stereocenters. The number of aromatic nitrogens is 1. The molecule has 0 saturated carbocycles. The normalized spacial score (nSPS) is 18.3. The van der Waals surface area contributed by atoms with Crippen molar-refractivity contribution in [3.05, 3.63) is 23.9 Å². The zero-order valence-electron chi connectivity index (χ0n) is 14.1. The molecule has 0 aliphatic carbocycles. The van der Waals surface area contributed by atoms with Gasteiger partial charge < -0.3 is 20.6 Å². The molecule has 1 saturated heterocycles. The summed E-state index contributed by atoms with van der Waals surface area (Å²) < 4.78 is 0. The Hall–Kier alpha value is -1.66. The van der Waals surface area contributed by atoms with Crippen molar-refractivity contribution < 1.29 is 9.90 Å². The number of amides is 1. The smallest absolute Gasteiger partial charge is 0.252 e. The van der Waals surface area contributed by atoms with E-state index in [0.29, 0.717) is 29.8 Å². The van der Waals surface area contributed by atoms with Gasteiger partial charge in [-0.05, 0) is 36.9 Å². The highest BCUT2D eigenvalue weighted by atomic mass is 16.3. The molecule has 1 aliphatic heterocycles. The number of nitrogens with zero attached hydrogens (tertiary/aromatic N) is 2. The number of carbonyl (C=O) groups excluding carboxylic acids is 1. The molecule has 1 aromatic heterocycles. The summed E-state index contributed by atoms with van der Waals surface area (Å²) in [5.74, 6) is 1.81. The molecule has 2 rings (SSSR count). The summed E-state index contributed by atoms with van der Waals surface area (Å²) in [6, 6.07) is 3.51. The molecule has 1 aliphatic rings. The molecule has 3 N–H and O–H groups in total. The van der Waals surface area contributed by atoms with E-state index in [1.54, 1.807) is 18.3 Å². The summed E-state index contributed by atoms with van der Waals surface area (Å²) in [6.07, 6.45) is 2.71. The second-order valence-electron chi connectivity index (χ2n) is 6.60. The van der Waals surface area contributed by atoms with Crippen LogP contribution in [-0.2, 0) is 0 Å². The minimum Gasteiger partial charge on any atom is -0.395 e. The number of likely N-dealkylation sites (tertiary alicyclic amines) is 1. The molecule has 1 aromatic rings. The summed E-state index contributed by atoms with van der Waals surface area (Å²) in [7, 11) is 0. The maximum atomic E-state index is 12.2. The van der Waals surface area contributed by atoms with Crippen molar-refractivity contribution in [2.24, 2.45) is 11.8 Å². The molecule has 6 heteroatoms. The van der Waals surface area contributed by atoms with Gasteiger partial charge in [-0.2, -0.15) is 0 Å². The van der Waals surface area contributed by atoms with Crippen LogP contribution in [0.4, 0.5) is 5.82 Å². The van der Waals surface area contributed by atoms with E-state index >= 15 is 0 Å². The first-order valence-electron chi connectivity index (χ1n) is 8.40. The van der Waals surface area contributed by atoms with Crippen LogP contribution in [0.2, 0.25) is 0 Å². The van der Waals surface area contributed by atoms with Crippen LogP contribution in [0.15, 0.2) is 18.3 Å². The second kappa shape index (κ2) is 8.84. The van der Waals surface area contributed by atoms with E-state index in [4.69, 9.17) is 5.11 Å². The first kappa shape index (κ1) is 17.7. The Bertz CT molecular complexity index is 490. The van der Waals surface area contributed by atoms with Crippen molar-refractivity contribution in [3.63, 3.8) is 0 Å². The first-order valence-corrected chi connectivity index (χ1v) is 8.40. The van der Waals surface area contributed by atoms with Crippen LogP contribution in [0, 0.1) is 11.8 Å². The Labute approximate surface area is 138 Å². The van der Waals surface area contributed by atoms with E-state index in [9.17, 15) is 4.79 Å². The van der Waals surface area contributed by atoms with Gasteiger partial charge in [0.25, 0.3) is 5.91 Å². The second-order valence-corrected chi connectivity index (χ2v) is 6.60. The Kier molecular flexibility index (Phi) is 6.80. The van der Waals surface area contributed by atoms with Crippen LogP contribution in [-0.4, -0.2) is 60.2 Å². The Balaban J connectivity index is 1.74. The van der Waals surface area contributed by atoms with Crippen LogP contribution in [0.5, 0.6) is 0 Å². The number of nitrogens with one attached hydrogen (secondary N) is 2. The molecule has 0 bridgehead atoms. The zero-order valence-corrected chi connectivity index (χ0v) is 14.1.